The molecule has 198 valence electrons. The fraction of sp³-hybridized carbons (Fsp3) is 0.581. The van der Waals surface area contributed by atoms with Gasteiger partial charge in [-0.15, -0.1) is 0 Å². The Bertz CT molecular complexity index is 1130. The maximum atomic E-state index is 12.8. The quantitative estimate of drug-likeness (QED) is 0.399. The first kappa shape index (κ1) is 25.7. The van der Waals surface area contributed by atoms with Crippen LogP contribution in [0.15, 0.2) is 53.6 Å². The minimum Gasteiger partial charge on any atom is -0.458 e. The van der Waals surface area contributed by atoms with Crippen LogP contribution in [0.3, 0.4) is 0 Å². The summed E-state index contributed by atoms with van der Waals surface area (Å²) in [5.41, 5.74) is 2.91. The van der Waals surface area contributed by atoms with Crippen molar-refractivity contribution in [2.45, 2.75) is 71.5 Å². The van der Waals surface area contributed by atoms with Crippen molar-refractivity contribution >= 4 is 18.3 Å². The van der Waals surface area contributed by atoms with Crippen LogP contribution >= 0.6 is 0 Å². The topological polar surface area (TPSA) is 81.7 Å². The van der Waals surface area contributed by atoms with Crippen LogP contribution in [0.1, 0.15) is 69.7 Å². The zero-order chi connectivity index (χ0) is 26.4. The van der Waals surface area contributed by atoms with Gasteiger partial charge in [0.2, 0.25) is 0 Å². The molecule has 1 aromatic carbocycles. The van der Waals surface area contributed by atoms with Crippen LogP contribution < -0.4 is 5.32 Å². The Kier molecular flexibility index (Phi) is 6.80. The molecule has 8 atom stereocenters. The van der Waals surface area contributed by atoms with Gasteiger partial charge < -0.3 is 19.6 Å². The maximum Gasteiger partial charge on any atom is 0.407 e. The summed E-state index contributed by atoms with van der Waals surface area (Å²) in [5, 5.41) is 2.61. The number of rotatable bonds is 5. The van der Waals surface area contributed by atoms with Crippen molar-refractivity contribution in [3.05, 3.63) is 59.2 Å². The van der Waals surface area contributed by atoms with E-state index in [9.17, 15) is 14.4 Å². The molecule has 0 heterocycles. The van der Waals surface area contributed by atoms with Gasteiger partial charge in [-0.25, -0.2) is 9.59 Å². The van der Waals surface area contributed by atoms with E-state index < -0.39 is 12.2 Å². The summed E-state index contributed by atoms with van der Waals surface area (Å²) in [5.74, 6) is 0.812. The molecule has 0 spiro atoms. The molecule has 0 radical (unpaired) electrons. The number of aldehydes is 1. The summed E-state index contributed by atoms with van der Waals surface area (Å²) < 4.78 is 12.0. The highest BCUT2D eigenvalue weighted by Gasteiger charge is 2.60. The van der Waals surface area contributed by atoms with Crippen LogP contribution in [0.2, 0.25) is 0 Å². The number of hydrogen-bond donors (Lipinski definition) is 1. The predicted octanol–water partition coefficient (Wildman–Crippen LogP) is 5.88. The van der Waals surface area contributed by atoms with E-state index in [1.165, 1.54) is 11.1 Å². The Labute approximate surface area is 219 Å². The molecule has 6 nitrogen and oxygen atoms in total. The van der Waals surface area contributed by atoms with Crippen molar-refractivity contribution in [1.82, 2.24) is 5.32 Å². The van der Waals surface area contributed by atoms with Gasteiger partial charge in [-0.3, -0.25) is 0 Å². The van der Waals surface area contributed by atoms with E-state index in [0.29, 0.717) is 30.2 Å². The molecule has 37 heavy (non-hydrogen) atoms. The minimum absolute atomic E-state index is 0.0662. The second kappa shape index (κ2) is 9.77. The van der Waals surface area contributed by atoms with E-state index in [1.54, 1.807) is 19.2 Å². The van der Waals surface area contributed by atoms with Crippen molar-refractivity contribution in [3.8, 4) is 0 Å². The van der Waals surface area contributed by atoms with Gasteiger partial charge in [0.25, 0.3) is 0 Å². The number of nitrogens with one attached hydrogen (secondary N) is 1. The largest absolute Gasteiger partial charge is 0.458 e. The van der Waals surface area contributed by atoms with E-state index in [4.69, 9.17) is 9.47 Å². The molecule has 4 aliphatic rings. The maximum absolute atomic E-state index is 12.8. The summed E-state index contributed by atoms with van der Waals surface area (Å²) in [6, 6.07) is 9.02. The van der Waals surface area contributed by atoms with E-state index in [1.807, 2.05) is 18.2 Å². The van der Waals surface area contributed by atoms with Crippen molar-refractivity contribution in [3.63, 3.8) is 0 Å². The molecule has 5 rings (SSSR count). The molecule has 1 N–H and O–H groups in total. The monoisotopic (exact) mass is 505 g/mol. The van der Waals surface area contributed by atoms with Gasteiger partial charge in [-0.05, 0) is 61.0 Å². The van der Waals surface area contributed by atoms with Gasteiger partial charge in [0.1, 0.15) is 18.5 Å². The van der Waals surface area contributed by atoms with Crippen molar-refractivity contribution in [1.29, 1.82) is 0 Å². The number of carbonyl (C=O) groups is 3. The van der Waals surface area contributed by atoms with Crippen LogP contribution in [0.5, 0.6) is 0 Å². The number of allylic oxidation sites excluding steroid dienone is 3. The van der Waals surface area contributed by atoms with Gasteiger partial charge in [0.05, 0.1) is 5.56 Å². The van der Waals surface area contributed by atoms with E-state index in [0.717, 1.165) is 32.0 Å². The lowest BCUT2D eigenvalue weighted by molar-refractivity contribution is -0.113. The molecule has 1 aromatic rings. The molecule has 0 aromatic heterocycles. The third kappa shape index (κ3) is 4.22. The molecule has 1 amide bonds. The van der Waals surface area contributed by atoms with Gasteiger partial charge in [-0.1, -0.05) is 62.3 Å². The zero-order valence-corrected chi connectivity index (χ0v) is 22.4. The number of ether oxygens (including phenoxy) is 2. The Hall–Kier alpha value is -2.89. The number of amides is 1. The third-order valence-electron chi connectivity index (χ3n) is 10.3. The lowest BCUT2D eigenvalue weighted by atomic mass is 9.49. The van der Waals surface area contributed by atoms with E-state index in [-0.39, 0.29) is 34.7 Å². The first-order valence-electron chi connectivity index (χ1n) is 13.7. The van der Waals surface area contributed by atoms with E-state index >= 15 is 0 Å². The molecule has 6 heteroatoms. The number of fused-ring (bicyclic) bond motifs is 5. The van der Waals surface area contributed by atoms with Gasteiger partial charge in [0.15, 0.2) is 0 Å². The first-order valence-corrected chi connectivity index (χ1v) is 13.7. The van der Waals surface area contributed by atoms with Crippen LogP contribution in [-0.2, 0) is 14.3 Å². The van der Waals surface area contributed by atoms with Gasteiger partial charge in [-0.2, -0.15) is 0 Å². The van der Waals surface area contributed by atoms with Gasteiger partial charge >= 0.3 is 12.1 Å². The molecular weight excluding hydrogens is 466 g/mol. The fourth-order valence-corrected chi connectivity index (χ4v) is 8.25. The number of alkyl carbamates (subject to hydrolysis) is 1. The number of esters is 1. The van der Waals surface area contributed by atoms with E-state index in [2.05, 4.69) is 38.2 Å². The third-order valence-corrected chi connectivity index (χ3v) is 10.3. The van der Waals surface area contributed by atoms with Gasteiger partial charge in [0, 0.05) is 31.2 Å². The molecule has 0 aliphatic heterocycles. The van der Waals surface area contributed by atoms with Crippen LogP contribution in [0.4, 0.5) is 4.79 Å². The molecule has 0 saturated heterocycles. The predicted molar refractivity (Wildman–Crippen MR) is 141 cm³/mol. The van der Waals surface area contributed by atoms with Crippen LogP contribution in [0.25, 0.3) is 0 Å². The highest BCUT2D eigenvalue weighted by Crippen LogP contribution is 2.66. The summed E-state index contributed by atoms with van der Waals surface area (Å²) in [4.78, 5) is 37.0. The first-order chi connectivity index (χ1) is 17.7. The average Bonchev–Trinajstić information content (AvgIpc) is 3.26. The number of hydrogen-bond acceptors (Lipinski definition) is 5. The second-order valence-corrected chi connectivity index (χ2v) is 11.9. The number of benzene rings is 1. The Balaban J connectivity index is 1.46. The Morgan fingerprint density at radius 2 is 1.81 bits per heavy atom. The summed E-state index contributed by atoms with van der Waals surface area (Å²) in [6.07, 6.45) is 9.73. The fourth-order valence-electron chi connectivity index (χ4n) is 8.25. The lowest BCUT2D eigenvalue weighted by Gasteiger charge is -2.57. The summed E-state index contributed by atoms with van der Waals surface area (Å²) in [6.45, 7) is 6.69. The van der Waals surface area contributed by atoms with Crippen LogP contribution in [0, 0.1) is 34.5 Å². The highest BCUT2D eigenvalue weighted by molar-refractivity contribution is 5.89. The number of carbonyl (C=O) groups excluding carboxylic acids is 3. The molecule has 3 saturated carbocycles. The summed E-state index contributed by atoms with van der Waals surface area (Å²) >= 11 is 0. The lowest BCUT2D eigenvalue weighted by Crippen LogP contribution is -2.54. The Morgan fingerprint density at radius 3 is 2.51 bits per heavy atom. The Morgan fingerprint density at radius 1 is 1.05 bits per heavy atom. The molecule has 4 aliphatic carbocycles. The molecular formula is C31H39NO5. The average molecular weight is 506 g/mol. The normalized spacial score (nSPS) is 37.0. The van der Waals surface area contributed by atoms with Crippen molar-refractivity contribution in [2.75, 3.05) is 7.05 Å². The van der Waals surface area contributed by atoms with Crippen LogP contribution in [-0.4, -0.2) is 37.6 Å². The summed E-state index contributed by atoms with van der Waals surface area (Å²) in [7, 11) is 1.57. The minimum atomic E-state index is -0.460. The zero-order valence-electron chi connectivity index (χ0n) is 22.4. The second-order valence-electron chi connectivity index (χ2n) is 11.9. The molecule has 3 unspecified atom stereocenters. The van der Waals surface area contributed by atoms with Crippen molar-refractivity contribution in [2.24, 2.45) is 34.5 Å². The standard InChI is InChI=1S/C31H39NO5/c1-19(18-33)24-12-13-25-23-11-10-21-16-22(36-28(34)20-8-6-5-7-9-20)17-27(37-29(35)32-4)31(21,3)26(23)14-15-30(24,25)2/h5-11,18-19,22,24-27H,12-17H2,1-4H3,(H,32,35)/t19?,22?,24-,25+,26+,27?,30-,31+/m1/s1. The highest BCUT2D eigenvalue weighted by atomic mass is 16.6. The van der Waals surface area contributed by atoms with Crippen molar-refractivity contribution < 1.29 is 23.9 Å². The smallest absolute Gasteiger partial charge is 0.407 e. The SMILES string of the molecule is CNC(=O)OC1CC(OC(=O)c2ccccc2)CC2=CC=C3[C@@H]4CC[C@H](C(C)C=O)[C@@]4(C)CC[C@@H]3[C@]21C. The molecule has 3 fully saturated rings. The molecule has 0 bridgehead atoms.